The first kappa shape index (κ1) is 14.2. The van der Waals surface area contributed by atoms with E-state index in [4.69, 9.17) is 0 Å². The number of carbonyl (C=O) groups excluding carboxylic acids is 1. The molecule has 2 heterocycles. The van der Waals surface area contributed by atoms with Crippen molar-refractivity contribution >= 4 is 5.91 Å². The predicted molar refractivity (Wildman–Crippen MR) is 83.0 cm³/mol. The molecule has 3 fully saturated rings. The molecule has 2 aliphatic heterocycles. The summed E-state index contributed by atoms with van der Waals surface area (Å²) in [5.41, 5.74) is 1.11. The Labute approximate surface area is 131 Å². The lowest BCUT2D eigenvalue weighted by Gasteiger charge is -2.23. The van der Waals surface area contributed by atoms with Crippen molar-refractivity contribution < 1.29 is 9.18 Å². The van der Waals surface area contributed by atoms with Gasteiger partial charge >= 0.3 is 0 Å². The van der Waals surface area contributed by atoms with Crippen LogP contribution in [0.1, 0.15) is 37.2 Å². The summed E-state index contributed by atoms with van der Waals surface area (Å²) in [7, 11) is 0. The van der Waals surface area contributed by atoms with Crippen molar-refractivity contribution in [1.82, 2.24) is 9.80 Å². The van der Waals surface area contributed by atoms with E-state index in [2.05, 4.69) is 9.80 Å². The molecule has 1 aromatic carbocycles. The molecule has 0 N–H and O–H groups in total. The van der Waals surface area contributed by atoms with E-state index in [9.17, 15) is 9.18 Å². The van der Waals surface area contributed by atoms with Crippen LogP contribution in [0.4, 0.5) is 4.39 Å². The lowest BCUT2D eigenvalue weighted by atomic mass is 10.1. The van der Waals surface area contributed by atoms with E-state index in [1.54, 1.807) is 0 Å². The minimum absolute atomic E-state index is 0.128. The molecular formula is C18H23FN2O. The number of hydrogen-bond acceptors (Lipinski definition) is 2. The van der Waals surface area contributed by atoms with E-state index >= 15 is 0 Å². The van der Waals surface area contributed by atoms with Gasteiger partial charge in [-0.2, -0.15) is 0 Å². The van der Waals surface area contributed by atoms with E-state index in [0.29, 0.717) is 17.9 Å². The summed E-state index contributed by atoms with van der Waals surface area (Å²) < 4.78 is 13.0. The summed E-state index contributed by atoms with van der Waals surface area (Å²) in [4.78, 5) is 17.3. The van der Waals surface area contributed by atoms with Gasteiger partial charge in [-0.3, -0.25) is 9.69 Å². The van der Waals surface area contributed by atoms with Gasteiger partial charge < -0.3 is 4.90 Å². The van der Waals surface area contributed by atoms with Gasteiger partial charge in [0.1, 0.15) is 5.82 Å². The zero-order valence-corrected chi connectivity index (χ0v) is 12.9. The van der Waals surface area contributed by atoms with Crippen LogP contribution in [-0.2, 0) is 4.79 Å². The normalized spacial score (nSPS) is 31.7. The van der Waals surface area contributed by atoms with Gasteiger partial charge in [0.05, 0.1) is 0 Å². The van der Waals surface area contributed by atoms with E-state index in [1.807, 2.05) is 12.1 Å². The number of hydrogen-bond donors (Lipinski definition) is 0. The number of halogens is 1. The van der Waals surface area contributed by atoms with Gasteiger partial charge in [0.25, 0.3) is 0 Å². The number of rotatable bonds is 3. The average molecular weight is 302 g/mol. The Kier molecular flexibility index (Phi) is 3.65. The van der Waals surface area contributed by atoms with Gasteiger partial charge in [-0.25, -0.2) is 4.39 Å². The maximum absolute atomic E-state index is 13.0. The smallest absolute Gasteiger partial charge is 0.226 e. The van der Waals surface area contributed by atoms with Gasteiger partial charge in [0.2, 0.25) is 5.91 Å². The molecule has 0 aromatic heterocycles. The quantitative estimate of drug-likeness (QED) is 0.857. The van der Waals surface area contributed by atoms with Crippen molar-refractivity contribution in [2.24, 2.45) is 5.92 Å². The number of nitrogens with zero attached hydrogens (tertiary/aromatic N) is 2. The Bertz CT molecular complexity index is 553. The van der Waals surface area contributed by atoms with E-state index in [0.717, 1.165) is 31.5 Å². The molecule has 0 spiro atoms. The first-order valence-corrected chi connectivity index (χ1v) is 8.50. The SMILES string of the molecule is O=C([C@@H]1C[C@@H]1c1ccc(F)cc1)N1CC[C@H](N2CCCC2)C1. The van der Waals surface area contributed by atoms with Crippen molar-refractivity contribution in [3.8, 4) is 0 Å². The van der Waals surface area contributed by atoms with Crippen molar-refractivity contribution in [3.05, 3.63) is 35.6 Å². The van der Waals surface area contributed by atoms with Gasteiger partial charge in [0, 0.05) is 25.0 Å². The van der Waals surface area contributed by atoms with Gasteiger partial charge in [-0.05, 0) is 62.4 Å². The van der Waals surface area contributed by atoms with Crippen molar-refractivity contribution in [2.75, 3.05) is 26.2 Å². The van der Waals surface area contributed by atoms with E-state index in [-0.39, 0.29) is 11.7 Å². The molecule has 0 bridgehead atoms. The summed E-state index contributed by atoms with van der Waals surface area (Å²) in [6.45, 7) is 4.22. The van der Waals surface area contributed by atoms with Gasteiger partial charge in [-0.15, -0.1) is 0 Å². The third kappa shape index (κ3) is 2.65. The lowest BCUT2D eigenvalue weighted by molar-refractivity contribution is -0.131. The molecule has 2 saturated heterocycles. The highest BCUT2D eigenvalue weighted by Crippen LogP contribution is 2.48. The van der Waals surface area contributed by atoms with Crippen LogP contribution in [-0.4, -0.2) is 47.9 Å². The standard InChI is InChI=1S/C18H23FN2O/c19-14-5-3-13(4-6-14)16-11-17(16)18(22)21-10-7-15(12-21)20-8-1-2-9-20/h3-6,15-17H,1-2,7-12H2/t15-,16+,17+/m0/s1. The highest BCUT2D eigenvalue weighted by Gasteiger charge is 2.47. The third-order valence-corrected chi connectivity index (χ3v) is 5.54. The summed E-state index contributed by atoms with van der Waals surface area (Å²) in [5, 5.41) is 0. The minimum atomic E-state index is -0.208. The number of carbonyl (C=O) groups is 1. The number of likely N-dealkylation sites (tertiary alicyclic amines) is 2. The van der Waals surface area contributed by atoms with E-state index in [1.165, 1.54) is 38.1 Å². The summed E-state index contributed by atoms with van der Waals surface area (Å²) in [5.74, 6) is 0.540. The first-order chi connectivity index (χ1) is 10.7. The average Bonchev–Trinajstić information content (AvgIpc) is 2.94. The topological polar surface area (TPSA) is 23.6 Å². The number of amides is 1. The lowest BCUT2D eigenvalue weighted by Crippen LogP contribution is -2.37. The van der Waals surface area contributed by atoms with Crippen LogP contribution in [0.15, 0.2) is 24.3 Å². The molecule has 1 saturated carbocycles. The van der Waals surface area contributed by atoms with Gasteiger partial charge in [-0.1, -0.05) is 12.1 Å². The zero-order chi connectivity index (χ0) is 15.1. The van der Waals surface area contributed by atoms with Crippen molar-refractivity contribution in [1.29, 1.82) is 0 Å². The Morgan fingerprint density at radius 1 is 1.09 bits per heavy atom. The molecule has 1 aromatic rings. The second-order valence-corrected chi connectivity index (χ2v) is 6.97. The van der Waals surface area contributed by atoms with Crippen LogP contribution in [0.3, 0.4) is 0 Å². The molecule has 0 radical (unpaired) electrons. The molecule has 0 unspecified atom stereocenters. The maximum Gasteiger partial charge on any atom is 0.226 e. The molecule has 3 atom stereocenters. The Balaban J connectivity index is 1.34. The Morgan fingerprint density at radius 2 is 1.82 bits per heavy atom. The van der Waals surface area contributed by atoms with Crippen LogP contribution < -0.4 is 0 Å². The highest BCUT2D eigenvalue weighted by atomic mass is 19.1. The monoisotopic (exact) mass is 302 g/mol. The van der Waals surface area contributed by atoms with Crippen LogP contribution in [0.2, 0.25) is 0 Å². The molecular weight excluding hydrogens is 279 g/mol. The molecule has 1 aliphatic carbocycles. The van der Waals surface area contributed by atoms with Crippen LogP contribution in [0.25, 0.3) is 0 Å². The predicted octanol–water partition coefficient (Wildman–Crippen LogP) is 2.63. The minimum Gasteiger partial charge on any atom is -0.341 e. The maximum atomic E-state index is 13.0. The second kappa shape index (κ2) is 5.65. The van der Waals surface area contributed by atoms with Crippen molar-refractivity contribution in [3.63, 3.8) is 0 Å². The molecule has 4 heteroatoms. The second-order valence-electron chi connectivity index (χ2n) is 6.97. The van der Waals surface area contributed by atoms with Crippen LogP contribution >= 0.6 is 0 Å². The van der Waals surface area contributed by atoms with Crippen LogP contribution in [0.5, 0.6) is 0 Å². The zero-order valence-electron chi connectivity index (χ0n) is 12.9. The molecule has 3 aliphatic rings. The summed E-state index contributed by atoms with van der Waals surface area (Å²) in [6, 6.07) is 7.21. The molecule has 3 nitrogen and oxygen atoms in total. The largest absolute Gasteiger partial charge is 0.341 e. The third-order valence-electron chi connectivity index (χ3n) is 5.54. The molecule has 4 rings (SSSR count). The van der Waals surface area contributed by atoms with Crippen molar-refractivity contribution in [2.45, 2.75) is 37.6 Å². The fraction of sp³-hybridized carbons (Fsp3) is 0.611. The Morgan fingerprint density at radius 3 is 2.55 bits per heavy atom. The van der Waals surface area contributed by atoms with E-state index < -0.39 is 0 Å². The Hall–Kier alpha value is -1.42. The van der Waals surface area contributed by atoms with Crippen LogP contribution in [0, 0.1) is 11.7 Å². The molecule has 1 amide bonds. The number of benzene rings is 1. The fourth-order valence-corrected chi connectivity index (χ4v) is 4.13. The summed E-state index contributed by atoms with van der Waals surface area (Å²) in [6.07, 6.45) is 4.66. The molecule has 22 heavy (non-hydrogen) atoms. The first-order valence-electron chi connectivity index (χ1n) is 8.50. The molecule has 118 valence electrons. The summed E-state index contributed by atoms with van der Waals surface area (Å²) >= 11 is 0. The van der Waals surface area contributed by atoms with Gasteiger partial charge in [0.15, 0.2) is 0 Å². The fourth-order valence-electron chi connectivity index (χ4n) is 4.13. The highest BCUT2D eigenvalue weighted by molar-refractivity contribution is 5.83.